The van der Waals surface area contributed by atoms with Crippen molar-refractivity contribution in [3.8, 4) is 5.75 Å². The fourth-order valence-electron chi connectivity index (χ4n) is 3.39. The predicted molar refractivity (Wildman–Crippen MR) is 129 cm³/mol. The molecule has 3 aromatic carbocycles. The van der Waals surface area contributed by atoms with Crippen LogP contribution in [0.5, 0.6) is 5.75 Å². The van der Waals surface area contributed by atoms with Crippen LogP contribution in [0, 0.1) is 0 Å². The van der Waals surface area contributed by atoms with Crippen molar-refractivity contribution < 1.29 is 29.0 Å². The number of phenols is 1. The van der Waals surface area contributed by atoms with Gasteiger partial charge in [-0.1, -0.05) is 35.9 Å². The van der Waals surface area contributed by atoms with Crippen molar-refractivity contribution >= 4 is 52.4 Å². The van der Waals surface area contributed by atoms with E-state index in [0.717, 1.165) is 4.90 Å². The largest absolute Gasteiger partial charge is 0.506 e. The first-order chi connectivity index (χ1) is 16.8. The van der Waals surface area contributed by atoms with Crippen molar-refractivity contribution in [2.24, 2.45) is 0 Å². The van der Waals surface area contributed by atoms with E-state index in [-0.39, 0.29) is 39.0 Å². The highest BCUT2D eigenvalue weighted by atomic mass is 35.5. The zero-order valence-corrected chi connectivity index (χ0v) is 19.0. The van der Waals surface area contributed by atoms with Crippen LogP contribution in [0.3, 0.4) is 0 Å². The number of imide groups is 1. The second-order valence-electron chi connectivity index (χ2n) is 7.35. The number of amides is 3. The maximum Gasteiger partial charge on any atom is 0.337 e. The number of para-hydroxylation sites is 2. The normalized spacial score (nSPS) is 13.1. The second-order valence-corrected chi connectivity index (χ2v) is 7.73. The maximum atomic E-state index is 13.1. The molecule has 0 spiro atoms. The first kappa shape index (κ1) is 23.5. The van der Waals surface area contributed by atoms with Gasteiger partial charge in [0.05, 0.1) is 24.0 Å². The van der Waals surface area contributed by atoms with E-state index in [2.05, 4.69) is 15.4 Å². The number of carbonyl (C=O) groups is 4. The van der Waals surface area contributed by atoms with Crippen LogP contribution in [0.2, 0.25) is 0 Å². The minimum atomic E-state index is -0.769. The Balaban J connectivity index is 1.55. The van der Waals surface area contributed by atoms with E-state index in [1.807, 2.05) is 0 Å². The number of hydrogen-bond acceptors (Lipinski definition) is 7. The van der Waals surface area contributed by atoms with E-state index >= 15 is 0 Å². The molecule has 0 atom stereocenters. The fourth-order valence-corrected chi connectivity index (χ4v) is 3.60. The van der Waals surface area contributed by atoms with Gasteiger partial charge in [0, 0.05) is 11.3 Å². The van der Waals surface area contributed by atoms with Gasteiger partial charge in [-0.15, -0.1) is 0 Å². The Bertz CT molecular complexity index is 1400. The summed E-state index contributed by atoms with van der Waals surface area (Å²) in [5.74, 6) is -2.70. The van der Waals surface area contributed by atoms with Crippen LogP contribution in [0.25, 0.3) is 0 Å². The highest BCUT2D eigenvalue weighted by Crippen LogP contribution is 2.31. The van der Waals surface area contributed by atoms with Crippen molar-refractivity contribution in [1.82, 2.24) is 0 Å². The molecule has 1 aliphatic rings. The third kappa shape index (κ3) is 4.71. The Hall–Kier alpha value is -4.63. The number of hydrogen-bond donors (Lipinski definition) is 3. The summed E-state index contributed by atoms with van der Waals surface area (Å²) in [6.07, 6.45) is 0. The lowest BCUT2D eigenvalue weighted by Gasteiger charge is -2.16. The molecule has 0 aromatic heterocycles. The first-order valence-corrected chi connectivity index (χ1v) is 10.6. The van der Waals surface area contributed by atoms with Gasteiger partial charge in [-0.2, -0.15) is 0 Å². The summed E-state index contributed by atoms with van der Waals surface area (Å²) < 4.78 is 4.68. The number of aromatic hydroxyl groups is 1. The molecule has 0 saturated heterocycles. The molecular formula is C25H18ClN3O6. The van der Waals surface area contributed by atoms with Crippen molar-refractivity contribution in [2.75, 3.05) is 22.6 Å². The number of halogens is 1. The Kier molecular flexibility index (Phi) is 6.52. The Morgan fingerprint density at radius 1 is 0.914 bits per heavy atom. The molecule has 4 rings (SSSR count). The summed E-state index contributed by atoms with van der Waals surface area (Å²) in [6, 6.07) is 18.3. The van der Waals surface area contributed by atoms with Crippen LogP contribution in [0.4, 0.5) is 17.1 Å². The summed E-state index contributed by atoms with van der Waals surface area (Å²) in [6.45, 7) is 0. The number of nitrogens with one attached hydrogen (secondary N) is 2. The van der Waals surface area contributed by atoms with Gasteiger partial charge in [0.25, 0.3) is 17.7 Å². The van der Waals surface area contributed by atoms with Gasteiger partial charge in [0.2, 0.25) is 0 Å². The van der Waals surface area contributed by atoms with E-state index in [9.17, 15) is 24.3 Å². The number of benzene rings is 3. The highest BCUT2D eigenvalue weighted by molar-refractivity contribution is 6.53. The molecule has 0 bridgehead atoms. The summed E-state index contributed by atoms with van der Waals surface area (Å²) in [5, 5.41) is 14.9. The van der Waals surface area contributed by atoms with Crippen molar-refractivity contribution in [3.63, 3.8) is 0 Å². The molecule has 35 heavy (non-hydrogen) atoms. The van der Waals surface area contributed by atoms with Crippen LogP contribution < -0.4 is 15.5 Å². The number of anilines is 3. The lowest BCUT2D eigenvalue weighted by Crippen LogP contribution is -2.32. The molecular weight excluding hydrogens is 474 g/mol. The van der Waals surface area contributed by atoms with Gasteiger partial charge in [0.15, 0.2) is 0 Å². The number of methoxy groups -OCH3 is 1. The van der Waals surface area contributed by atoms with E-state index in [0.29, 0.717) is 5.69 Å². The smallest absolute Gasteiger partial charge is 0.337 e. The molecule has 0 unspecified atom stereocenters. The zero-order chi connectivity index (χ0) is 25.1. The van der Waals surface area contributed by atoms with Crippen LogP contribution in [0.1, 0.15) is 20.7 Å². The van der Waals surface area contributed by atoms with E-state index in [1.165, 1.54) is 43.5 Å². The molecule has 0 aliphatic carbocycles. The monoisotopic (exact) mass is 491 g/mol. The second kappa shape index (κ2) is 9.70. The summed E-state index contributed by atoms with van der Waals surface area (Å²) in [7, 11) is 1.22. The quantitative estimate of drug-likeness (QED) is 0.271. The summed E-state index contributed by atoms with van der Waals surface area (Å²) in [5.41, 5.74) is 0.921. The van der Waals surface area contributed by atoms with Crippen LogP contribution >= 0.6 is 11.6 Å². The SMILES string of the molecule is COC(=O)c1cccc(N2C(=O)C(Cl)=C(Nc3cccc(C(=O)Nc4ccccc4O)c3)C2=O)c1. The molecule has 0 radical (unpaired) electrons. The Morgan fingerprint density at radius 2 is 1.63 bits per heavy atom. The molecule has 9 nitrogen and oxygen atoms in total. The lowest BCUT2D eigenvalue weighted by atomic mass is 10.1. The number of ether oxygens (including phenoxy) is 1. The number of esters is 1. The molecule has 3 amide bonds. The third-order valence-electron chi connectivity index (χ3n) is 5.10. The minimum absolute atomic E-state index is 0.0847. The van der Waals surface area contributed by atoms with E-state index in [1.54, 1.807) is 36.4 Å². The predicted octanol–water partition coefficient (Wildman–Crippen LogP) is 3.87. The van der Waals surface area contributed by atoms with Gasteiger partial charge < -0.3 is 20.5 Å². The van der Waals surface area contributed by atoms with Gasteiger partial charge in [-0.25, -0.2) is 9.69 Å². The molecule has 3 aromatic rings. The zero-order valence-electron chi connectivity index (χ0n) is 18.2. The molecule has 3 N–H and O–H groups in total. The average molecular weight is 492 g/mol. The summed E-state index contributed by atoms with van der Waals surface area (Å²) in [4.78, 5) is 51.1. The van der Waals surface area contributed by atoms with Crippen molar-refractivity contribution in [1.29, 1.82) is 0 Å². The Labute approximate surface area is 204 Å². The van der Waals surface area contributed by atoms with E-state index in [4.69, 9.17) is 11.6 Å². The minimum Gasteiger partial charge on any atom is -0.506 e. The van der Waals surface area contributed by atoms with Crippen LogP contribution in [-0.4, -0.2) is 35.9 Å². The Morgan fingerprint density at radius 3 is 2.37 bits per heavy atom. The van der Waals surface area contributed by atoms with Gasteiger partial charge >= 0.3 is 5.97 Å². The molecule has 0 saturated carbocycles. The maximum absolute atomic E-state index is 13.1. The van der Waals surface area contributed by atoms with Gasteiger partial charge in [-0.05, 0) is 48.5 Å². The van der Waals surface area contributed by atoms with Gasteiger partial charge in [-0.3, -0.25) is 14.4 Å². The highest BCUT2D eigenvalue weighted by Gasteiger charge is 2.39. The molecule has 176 valence electrons. The topological polar surface area (TPSA) is 125 Å². The molecule has 10 heteroatoms. The average Bonchev–Trinajstić information content (AvgIpc) is 3.08. The van der Waals surface area contributed by atoms with Crippen LogP contribution in [0.15, 0.2) is 83.5 Å². The van der Waals surface area contributed by atoms with Crippen LogP contribution in [-0.2, 0) is 14.3 Å². The standard InChI is InChI=1S/C25H18ClN3O6/c1-35-25(34)15-7-5-9-17(13-15)29-23(32)20(26)21(24(29)33)27-16-8-4-6-14(12-16)22(31)28-18-10-2-3-11-19(18)30/h2-13,27,30H,1H3,(H,28,31). The molecule has 1 aliphatic heterocycles. The van der Waals surface area contributed by atoms with Gasteiger partial charge in [0.1, 0.15) is 16.5 Å². The third-order valence-corrected chi connectivity index (χ3v) is 5.45. The van der Waals surface area contributed by atoms with E-state index < -0.39 is 23.7 Å². The number of nitrogens with zero attached hydrogens (tertiary/aromatic N) is 1. The number of phenolic OH excluding ortho intramolecular Hbond substituents is 1. The number of carbonyl (C=O) groups excluding carboxylic acids is 4. The van der Waals surface area contributed by atoms with Crippen molar-refractivity contribution in [3.05, 3.63) is 94.7 Å². The van der Waals surface area contributed by atoms with Crippen molar-refractivity contribution in [2.45, 2.75) is 0 Å². The molecule has 1 heterocycles. The lowest BCUT2D eigenvalue weighted by molar-refractivity contribution is -0.120. The summed E-state index contributed by atoms with van der Waals surface area (Å²) >= 11 is 6.18. The number of rotatable bonds is 6. The fraction of sp³-hybridized carbons (Fsp3) is 0.0400. The first-order valence-electron chi connectivity index (χ1n) is 10.2. The molecule has 0 fully saturated rings.